The molecule has 0 amide bonds. The van der Waals surface area contributed by atoms with Crippen molar-refractivity contribution in [2.24, 2.45) is 5.92 Å². The van der Waals surface area contributed by atoms with Gasteiger partial charge in [-0.1, -0.05) is 29.8 Å². The van der Waals surface area contributed by atoms with Gasteiger partial charge in [0.15, 0.2) is 0 Å². The second-order valence-corrected chi connectivity index (χ2v) is 6.24. The fourth-order valence-corrected chi connectivity index (χ4v) is 3.36. The van der Waals surface area contributed by atoms with Gasteiger partial charge in [0.1, 0.15) is 11.6 Å². The Morgan fingerprint density at radius 3 is 2.22 bits per heavy atom. The summed E-state index contributed by atoms with van der Waals surface area (Å²) in [5, 5.41) is 0. The van der Waals surface area contributed by atoms with Crippen molar-refractivity contribution in [2.75, 3.05) is 7.11 Å². The van der Waals surface area contributed by atoms with Gasteiger partial charge in [0, 0.05) is 29.4 Å². The molecular weight excluding hydrogens is 308 g/mol. The molecule has 0 saturated heterocycles. The number of methoxy groups -OCH3 is 1. The molecule has 0 bridgehead atoms. The molecule has 2 aromatic rings. The van der Waals surface area contributed by atoms with E-state index in [-0.39, 0.29) is 0 Å². The fraction of sp³-hybridized carbons (Fsp3) is 0.368. The summed E-state index contributed by atoms with van der Waals surface area (Å²) in [4.78, 5) is 9.21. The maximum Gasteiger partial charge on any atom is 0.131 e. The molecule has 1 aliphatic rings. The van der Waals surface area contributed by atoms with Crippen molar-refractivity contribution in [1.29, 1.82) is 0 Å². The van der Waals surface area contributed by atoms with Crippen molar-refractivity contribution >= 4 is 11.6 Å². The molecule has 0 N–H and O–H groups in total. The highest BCUT2D eigenvalue weighted by Gasteiger charge is 2.22. The van der Waals surface area contributed by atoms with Gasteiger partial charge in [0.2, 0.25) is 0 Å². The molecule has 0 aliphatic heterocycles. The predicted molar refractivity (Wildman–Crippen MR) is 93.7 cm³/mol. The van der Waals surface area contributed by atoms with Gasteiger partial charge in [-0.2, -0.15) is 0 Å². The molecule has 1 fully saturated rings. The van der Waals surface area contributed by atoms with E-state index in [0.717, 1.165) is 48.4 Å². The van der Waals surface area contributed by atoms with Crippen molar-refractivity contribution in [3.63, 3.8) is 0 Å². The van der Waals surface area contributed by atoms with E-state index in [1.165, 1.54) is 0 Å². The lowest BCUT2D eigenvalue weighted by Crippen LogP contribution is -2.13. The molecule has 1 saturated carbocycles. The third-order valence-corrected chi connectivity index (χ3v) is 4.72. The van der Waals surface area contributed by atoms with Gasteiger partial charge < -0.3 is 4.74 Å². The van der Waals surface area contributed by atoms with Crippen LogP contribution in [0.3, 0.4) is 0 Å². The van der Waals surface area contributed by atoms with Crippen LogP contribution in [0.2, 0.25) is 0 Å². The quantitative estimate of drug-likeness (QED) is 0.775. The minimum atomic E-state index is 0.472. The first-order valence-electron chi connectivity index (χ1n) is 8.03. The zero-order valence-corrected chi connectivity index (χ0v) is 14.0. The summed E-state index contributed by atoms with van der Waals surface area (Å²) in [7, 11) is 1.67. The van der Waals surface area contributed by atoms with Crippen LogP contribution in [0.25, 0.3) is 11.1 Å². The monoisotopic (exact) mass is 328 g/mol. The number of nitrogens with zero attached hydrogens (tertiary/aromatic N) is 2. The normalized spacial score (nSPS) is 21.5. The number of aromatic nitrogens is 2. The van der Waals surface area contributed by atoms with Crippen LogP contribution in [0.15, 0.2) is 48.3 Å². The largest absolute Gasteiger partial charge is 0.497 e. The molecule has 0 spiro atoms. The molecule has 3 rings (SSSR count). The minimum Gasteiger partial charge on any atom is -0.497 e. The minimum absolute atomic E-state index is 0.472. The SMILES string of the molecule is COc1ccc(-c2cnc(C3CCC(C=CCl)CC3)nc2)cc1. The van der Waals surface area contributed by atoms with E-state index in [9.17, 15) is 0 Å². The Kier molecular flexibility index (Phi) is 5.29. The molecule has 1 aromatic carbocycles. The van der Waals surface area contributed by atoms with Crippen LogP contribution in [0.1, 0.15) is 37.4 Å². The molecule has 0 radical (unpaired) electrons. The Morgan fingerprint density at radius 2 is 1.65 bits per heavy atom. The van der Waals surface area contributed by atoms with E-state index in [4.69, 9.17) is 16.3 Å². The van der Waals surface area contributed by atoms with E-state index in [2.05, 4.69) is 16.0 Å². The van der Waals surface area contributed by atoms with Gasteiger partial charge >= 0.3 is 0 Å². The predicted octanol–water partition coefficient (Wildman–Crippen LogP) is 5.18. The van der Waals surface area contributed by atoms with Crippen molar-refractivity contribution < 1.29 is 4.74 Å². The van der Waals surface area contributed by atoms with Gasteiger partial charge in [-0.25, -0.2) is 9.97 Å². The summed E-state index contributed by atoms with van der Waals surface area (Å²) in [5.41, 5.74) is 3.79. The van der Waals surface area contributed by atoms with Crippen molar-refractivity contribution in [3.8, 4) is 16.9 Å². The molecule has 1 heterocycles. The summed E-state index contributed by atoms with van der Waals surface area (Å²) in [6.45, 7) is 0. The van der Waals surface area contributed by atoms with E-state index >= 15 is 0 Å². The molecular formula is C19H21ClN2O. The summed E-state index contributed by atoms with van der Waals surface area (Å²) in [6.07, 6.45) is 10.5. The zero-order valence-electron chi connectivity index (χ0n) is 13.3. The van der Waals surface area contributed by atoms with Gasteiger partial charge in [0.25, 0.3) is 0 Å². The molecule has 120 valence electrons. The number of halogens is 1. The van der Waals surface area contributed by atoms with Crippen LogP contribution < -0.4 is 4.74 Å². The average Bonchev–Trinajstić information content (AvgIpc) is 2.63. The van der Waals surface area contributed by atoms with E-state index in [0.29, 0.717) is 11.8 Å². The summed E-state index contributed by atoms with van der Waals surface area (Å²) in [5.74, 6) is 2.91. The molecule has 4 heteroatoms. The smallest absolute Gasteiger partial charge is 0.131 e. The fourth-order valence-electron chi connectivity index (χ4n) is 3.15. The lowest BCUT2D eigenvalue weighted by molar-refractivity contribution is 0.366. The second-order valence-electron chi connectivity index (χ2n) is 5.99. The molecule has 0 unspecified atom stereocenters. The van der Waals surface area contributed by atoms with Crippen LogP contribution >= 0.6 is 11.6 Å². The van der Waals surface area contributed by atoms with Gasteiger partial charge in [-0.15, -0.1) is 0 Å². The number of allylic oxidation sites excluding steroid dienone is 1. The Labute approximate surface area is 142 Å². The van der Waals surface area contributed by atoms with Crippen LogP contribution in [0.5, 0.6) is 5.75 Å². The first-order chi connectivity index (χ1) is 11.3. The van der Waals surface area contributed by atoms with Crippen LogP contribution in [-0.4, -0.2) is 17.1 Å². The van der Waals surface area contributed by atoms with Crippen LogP contribution in [0, 0.1) is 5.92 Å². The maximum atomic E-state index is 5.67. The van der Waals surface area contributed by atoms with E-state index < -0.39 is 0 Å². The second kappa shape index (κ2) is 7.60. The molecule has 3 nitrogen and oxygen atoms in total. The van der Waals surface area contributed by atoms with Crippen molar-refractivity contribution in [1.82, 2.24) is 9.97 Å². The van der Waals surface area contributed by atoms with Gasteiger partial charge in [0.05, 0.1) is 7.11 Å². The number of ether oxygens (including phenoxy) is 1. The first-order valence-corrected chi connectivity index (χ1v) is 8.47. The number of rotatable bonds is 4. The molecule has 1 aromatic heterocycles. The first kappa shape index (κ1) is 16.0. The Morgan fingerprint density at radius 1 is 1.00 bits per heavy atom. The third kappa shape index (κ3) is 3.91. The van der Waals surface area contributed by atoms with Gasteiger partial charge in [-0.3, -0.25) is 0 Å². The Bertz CT molecular complexity index is 644. The number of hydrogen-bond acceptors (Lipinski definition) is 3. The highest BCUT2D eigenvalue weighted by atomic mass is 35.5. The standard InChI is InChI=1S/C19H21ClN2O/c1-23-18-8-6-15(7-9-18)17-12-21-19(22-13-17)16-4-2-14(3-5-16)10-11-20/h6-14,16H,2-5H2,1H3. The summed E-state index contributed by atoms with van der Waals surface area (Å²) in [6, 6.07) is 7.96. The van der Waals surface area contributed by atoms with Crippen molar-refractivity contribution in [2.45, 2.75) is 31.6 Å². The molecule has 1 aliphatic carbocycles. The summed E-state index contributed by atoms with van der Waals surface area (Å²) < 4.78 is 5.19. The molecule has 0 atom stereocenters. The highest BCUT2D eigenvalue weighted by Crippen LogP contribution is 2.35. The Hall–Kier alpha value is -1.87. The number of benzene rings is 1. The Balaban J connectivity index is 1.67. The number of hydrogen-bond donors (Lipinski definition) is 0. The van der Waals surface area contributed by atoms with Crippen LogP contribution in [0.4, 0.5) is 0 Å². The lowest BCUT2D eigenvalue weighted by atomic mass is 9.81. The molecule has 23 heavy (non-hydrogen) atoms. The zero-order chi connectivity index (χ0) is 16.1. The van der Waals surface area contributed by atoms with Gasteiger partial charge in [-0.05, 0) is 49.3 Å². The average molecular weight is 329 g/mol. The maximum absolute atomic E-state index is 5.67. The van der Waals surface area contributed by atoms with Crippen LogP contribution in [-0.2, 0) is 0 Å². The van der Waals surface area contributed by atoms with Crippen molar-refractivity contribution in [3.05, 3.63) is 54.1 Å². The van der Waals surface area contributed by atoms with E-state index in [1.54, 1.807) is 12.6 Å². The highest BCUT2D eigenvalue weighted by molar-refractivity contribution is 6.25. The topological polar surface area (TPSA) is 35.0 Å². The lowest BCUT2D eigenvalue weighted by Gasteiger charge is -2.25. The van der Waals surface area contributed by atoms with E-state index in [1.807, 2.05) is 36.7 Å². The third-order valence-electron chi connectivity index (χ3n) is 4.58. The summed E-state index contributed by atoms with van der Waals surface area (Å²) >= 11 is 5.67.